The standard InChI is InChI=1S/C11H12BrF2NO/c12-8-3-10(14)11(4-9(8)13)15-2-1-7(5-15)6-16/h3-4,7,16H,1-2,5-6H2. The summed E-state index contributed by atoms with van der Waals surface area (Å²) in [6, 6.07) is 2.33. The largest absolute Gasteiger partial charge is 0.396 e. The van der Waals surface area contributed by atoms with Gasteiger partial charge in [-0.3, -0.25) is 0 Å². The summed E-state index contributed by atoms with van der Waals surface area (Å²) >= 11 is 2.94. The van der Waals surface area contributed by atoms with Crippen molar-refractivity contribution in [2.45, 2.75) is 6.42 Å². The smallest absolute Gasteiger partial charge is 0.147 e. The summed E-state index contributed by atoms with van der Waals surface area (Å²) in [7, 11) is 0. The fraction of sp³-hybridized carbons (Fsp3) is 0.455. The van der Waals surface area contributed by atoms with Gasteiger partial charge in [-0.2, -0.15) is 0 Å². The van der Waals surface area contributed by atoms with Crippen molar-refractivity contribution in [2.75, 3.05) is 24.6 Å². The Balaban J connectivity index is 2.24. The van der Waals surface area contributed by atoms with E-state index in [9.17, 15) is 8.78 Å². The van der Waals surface area contributed by atoms with E-state index < -0.39 is 11.6 Å². The van der Waals surface area contributed by atoms with Gasteiger partial charge < -0.3 is 10.0 Å². The summed E-state index contributed by atoms with van der Waals surface area (Å²) < 4.78 is 27.0. The molecule has 1 fully saturated rings. The third-order valence-corrected chi connectivity index (χ3v) is 3.48. The molecule has 0 aliphatic carbocycles. The van der Waals surface area contributed by atoms with E-state index in [1.807, 2.05) is 0 Å². The van der Waals surface area contributed by atoms with Crippen molar-refractivity contribution in [3.05, 3.63) is 28.2 Å². The Morgan fingerprint density at radius 2 is 2.12 bits per heavy atom. The molecule has 1 aromatic carbocycles. The number of hydrogen-bond acceptors (Lipinski definition) is 2. The lowest BCUT2D eigenvalue weighted by atomic mass is 10.1. The Labute approximate surface area is 101 Å². The van der Waals surface area contributed by atoms with E-state index in [-0.39, 0.29) is 22.7 Å². The number of halogens is 3. The molecule has 2 nitrogen and oxygen atoms in total. The highest BCUT2D eigenvalue weighted by atomic mass is 79.9. The van der Waals surface area contributed by atoms with E-state index in [1.54, 1.807) is 4.90 Å². The molecule has 88 valence electrons. The molecule has 0 amide bonds. The molecule has 0 radical (unpaired) electrons. The van der Waals surface area contributed by atoms with Gasteiger partial charge in [0.2, 0.25) is 0 Å². The summed E-state index contributed by atoms with van der Waals surface area (Å²) in [5.74, 6) is -0.748. The van der Waals surface area contributed by atoms with Gasteiger partial charge in [-0.1, -0.05) is 0 Å². The molecule has 1 unspecified atom stereocenters. The molecule has 1 N–H and O–H groups in total. The topological polar surface area (TPSA) is 23.5 Å². The highest BCUT2D eigenvalue weighted by molar-refractivity contribution is 9.10. The lowest BCUT2D eigenvalue weighted by Crippen LogP contribution is -2.21. The molecule has 5 heteroatoms. The molecule has 0 saturated carbocycles. The highest BCUT2D eigenvalue weighted by Gasteiger charge is 2.24. The lowest BCUT2D eigenvalue weighted by Gasteiger charge is -2.19. The number of aliphatic hydroxyl groups is 1. The predicted octanol–water partition coefficient (Wildman–Crippen LogP) is 2.55. The zero-order chi connectivity index (χ0) is 11.7. The van der Waals surface area contributed by atoms with Gasteiger partial charge in [0.1, 0.15) is 11.6 Å². The molecule has 0 aromatic heterocycles. The van der Waals surface area contributed by atoms with E-state index >= 15 is 0 Å². The lowest BCUT2D eigenvalue weighted by molar-refractivity contribution is 0.238. The summed E-state index contributed by atoms with van der Waals surface area (Å²) in [5, 5.41) is 9.00. The van der Waals surface area contributed by atoms with Crippen molar-refractivity contribution in [3.63, 3.8) is 0 Å². The second kappa shape index (κ2) is 4.67. The zero-order valence-electron chi connectivity index (χ0n) is 8.59. The first-order chi connectivity index (χ1) is 7.61. The maximum atomic E-state index is 13.6. The van der Waals surface area contributed by atoms with Gasteiger partial charge in [0.15, 0.2) is 0 Å². The SMILES string of the molecule is OCC1CCN(c2cc(F)c(Br)cc2F)C1. The Bertz CT molecular complexity index is 400. The van der Waals surface area contributed by atoms with Crippen molar-refractivity contribution >= 4 is 21.6 Å². The number of anilines is 1. The molecule has 0 spiro atoms. The first kappa shape index (κ1) is 11.8. The third kappa shape index (κ3) is 2.20. The fourth-order valence-electron chi connectivity index (χ4n) is 1.95. The maximum absolute atomic E-state index is 13.6. The molecule has 1 heterocycles. The molecule has 2 rings (SSSR count). The van der Waals surface area contributed by atoms with Gasteiger partial charge in [-0.05, 0) is 28.4 Å². The molecule has 1 aliphatic heterocycles. The first-order valence-corrected chi connectivity index (χ1v) is 5.91. The van der Waals surface area contributed by atoms with Crippen molar-refractivity contribution in [2.24, 2.45) is 5.92 Å². The van der Waals surface area contributed by atoms with Crippen LogP contribution in [0.5, 0.6) is 0 Å². The van der Waals surface area contributed by atoms with E-state index in [1.165, 1.54) is 6.07 Å². The van der Waals surface area contributed by atoms with Crippen molar-refractivity contribution in [3.8, 4) is 0 Å². The van der Waals surface area contributed by atoms with Crippen LogP contribution in [0.15, 0.2) is 16.6 Å². The Morgan fingerprint density at radius 3 is 2.75 bits per heavy atom. The van der Waals surface area contributed by atoms with Crippen molar-refractivity contribution in [1.29, 1.82) is 0 Å². The Kier molecular flexibility index (Phi) is 3.44. The number of hydrogen-bond donors (Lipinski definition) is 1. The van der Waals surface area contributed by atoms with Crippen LogP contribution in [0, 0.1) is 17.6 Å². The van der Waals surface area contributed by atoms with Crippen LogP contribution in [0.25, 0.3) is 0 Å². The Hall–Kier alpha value is -0.680. The van der Waals surface area contributed by atoms with Crippen LogP contribution in [0.1, 0.15) is 6.42 Å². The van der Waals surface area contributed by atoms with Crippen LogP contribution in [0.4, 0.5) is 14.5 Å². The minimum atomic E-state index is -0.469. The van der Waals surface area contributed by atoms with Gasteiger partial charge >= 0.3 is 0 Å². The summed E-state index contributed by atoms with van der Waals surface area (Å²) in [4.78, 5) is 1.77. The number of aliphatic hydroxyl groups excluding tert-OH is 1. The van der Waals surface area contributed by atoms with Crippen LogP contribution in [-0.4, -0.2) is 24.8 Å². The number of nitrogens with zero attached hydrogens (tertiary/aromatic N) is 1. The summed E-state index contributed by atoms with van der Waals surface area (Å²) in [5.41, 5.74) is 0.275. The highest BCUT2D eigenvalue weighted by Crippen LogP contribution is 2.29. The van der Waals surface area contributed by atoms with E-state index in [0.29, 0.717) is 13.1 Å². The van der Waals surface area contributed by atoms with Crippen LogP contribution in [0.3, 0.4) is 0 Å². The average molecular weight is 292 g/mol. The van der Waals surface area contributed by atoms with E-state index in [4.69, 9.17) is 5.11 Å². The normalized spacial score (nSPS) is 20.5. The van der Waals surface area contributed by atoms with Gasteiger partial charge in [0, 0.05) is 31.7 Å². The molecule has 16 heavy (non-hydrogen) atoms. The monoisotopic (exact) mass is 291 g/mol. The van der Waals surface area contributed by atoms with Crippen LogP contribution < -0.4 is 4.90 Å². The quantitative estimate of drug-likeness (QED) is 0.847. The van der Waals surface area contributed by atoms with E-state index in [2.05, 4.69) is 15.9 Å². The van der Waals surface area contributed by atoms with Gasteiger partial charge in [-0.25, -0.2) is 8.78 Å². The molecule has 1 aliphatic rings. The molecule has 1 aromatic rings. The molecular formula is C11H12BrF2NO. The molecule has 1 saturated heterocycles. The van der Waals surface area contributed by atoms with Crippen molar-refractivity contribution < 1.29 is 13.9 Å². The van der Waals surface area contributed by atoms with Crippen LogP contribution >= 0.6 is 15.9 Å². The third-order valence-electron chi connectivity index (χ3n) is 2.87. The second-order valence-corrected chi connectivity index (χ2v) is 4.86. The zero-order valence-corrected chi connectivity index (χ0v) is 10.2. The van der Waals surface area contributed by atoms with Gasteiger partial charge in [0.05, 0.1) is 10.2 Å². The van der Waals surface area contributed by atoms with Crippen molar-refractivity contribution in [1.82, 2.24) is 0 Å². The summed E-state index contributed by atoms with van der Waals surface area (Å²) in [6.07, 6.45) is 0.813. The minimum Gasteiger partial charge on any atom is -0.396 e. The predicted molar refractivity (Wildman–Crippen MR) is 61.5 cm³/mol. The minimum absolute atomic E-state index is 0.0944. The van der Waals surface area contributed by atoms with Crippen LogP contribution in [0.2, 0.25) is 0 Å². The second-order valence-electron chi connectivity index (χ2n) is 4.00. The molecule has 1 atom stereocenters. The van der Waals surface area contributed by atoms with Gasteiger partial charge in [-0.15, -0.1) is 0 Å². The summed E-state index contributed by atoms with van der Waals surface area (Å²) in [6.45, 7) is 1.33. The fourth-order valence-corrected chi connectivity index (χ4v) is 2.27. The molecule has 0 bridgehead atoms. The average Bonchev–Trinajstić information content (AvgIpc) is 2.71. The number of rotatable bonds is 2. The van der Waals surface area contributed by atoms with Gasteiger partial charge in [0.25, 0.3) is 0 Å². The number of benzene rings is 1. The molecular weight excluding hydrogens is 280 g/mol. The Morgan fingerprint density at radius 1 is 1.38 bits per heavy atom. The van der Waals surface area contributed by atoms with E-state index in [0.717, 1.165) is 12.5 Å². The van der Waals surface area contributed by atoms with Crippen LogP contribution in [-0.2, 0) is 0 Å². The maximum Gasteiger partial charge on any atom is 0.147 e. The first-order valence-electron chi connectivity index (χ1n) is 5.12.